The van der Waals surface area contributed by atoms with Crippen LogP contribution in [0.3, 0.4) is 0 Å². The topological polar surface area (TPSA) is 56.5 Å². The molecule has 2 heterocycles. The Balaban J connectivity index is 1.74. The number of hydrogen-bond donors (Lipinski definition) is 0. The van der Waals surface area contributed by atoms with Crippen LogP contribution in [-0.2, 0) is 0 Å². The molecule has 2 atom stereocenters. The van der Waals surface area contributed by atoms with Gasteiger partial charge in [-0.3, -0.25) is 4.79 Å². The SMILES string of the molecule is COc1ccccc1/C=c1/sc2nc([C@H]3[C@@H](C=C(Cl)Cl)C3(C)C)nn2c1=O. The number of halogens is 2. The summed E-state index contributed by atoms with van der Waals surface area (Å²) in [5.74, 6) is 1.62. The first kappa shape index (κ1) is 18.5. The van der Waals surface area contributed by atoms with Crippen LogP contribution in [0.2, 0.25) is 0 Å². The highest BCUT2D eigenvalue weighted by molar-refractivity contribution is 7.15. The summed E-state index contributed by atoms with van der Waals surface area (Å²) < 4.78 is 7.53. The van der Waals surface area contributed by atoms with Crippen molar-refractivity contribution in [2.75, 3.05) is 7.11 Å². The van der Waals surface area contributed by atoms with E-state index in [0.29, 0.717) is 21.1 Å². The lowest BCUT2D eigenvalue weighted by atomic mass is 10.1. The summed E-state index contributed by atoms with van der Waals surface area (Å²) in [4.78, 5) is 17.9. The molecule has 1 saturated carbocycles. The van der Waals surface area contributed by atoms with Crippen molar-refractivity contribution in [3.05, 3.63) is 61.1 Å². The molecule has 1 fully saturated rings. The maximum absolute atomic E-state index is 12.8. The molecule has 5 nitrogen and oxygen atoms in total. The fourth-order valence-corrected chi connectivity index (χ4v) is 4.70. The van der Waals surface area contributed by atoms with E-state index in [1.54, 1.807) is 7.11 Å². The smallest absolute Gasteiger partial charge is 0.291 e. The van der Waals surface area contributed by atoms with E-state index in [-0.39, 0.29) is 27.3 Å². The number of hydrogen-bond acceptors (Lipinski definition) is 5. The van der Waals surface area contributed by atoms with Gasteiger partial charge < -0.3 is 4.74 Å². The number of benzene rings is 1. The Labute approximate surface area is 169 Å². The van der Waals surface area contributed by atoms with Crippen molar-refractivity contribution in [3.8, 4) is 5.75 Å². The van der Waals surface area contributed by atoms with Crippen LogP contribution in [0.25, 0.3) is 11.0 Å². The van der Waals surface area contributed by atoms with Gasteiger partial charge in [-0.15, -0.1) is 5.10 Å². The lowest BCUT2D eigenvalue weighted by molar-refractivity contribution is 0.414. The number of ether oxygens (including phenoxy) is 1. The van der Waals surface area contributed by atoms with Gasteiger partial charge in [0, 0.05) is 11.5 Å². The zero-order valence-corrected chi connectivity index (χ0v) is 17.3. The van der Waals surface area contributed by atoms with E-state index in [9.17, 15) is 4.79 Å². The Kier molecular flexibility index (Phi) is 4.53. The molecule has 0 unspecified atom stereocenters. The van der Waals surface area contributed by atoms with Gasteiger partial charge in [0.1, 0.15) is 10.2 Å². The molecule has 1 aromatic carbocycles. The van der Waals surface area contributed by atoms with Crippen LogP contribution in [-0.4, -0.2) is 21.7 Å². The summed E-state index contributed by atoms with van der Waals surface area (Å²) in [7, 11) is 1.61. The van der Waals surface area contributed by atoms with Gasteiger partial charge in [0.15, 0.2) is 5.82 Å². The molecule has 8 heteroatoms. The van der Waals surface area contributed by atoms with E-state index in [4.69, 9.17) is 27.9 Å². The summed E-state index contributed by atoms with van der Waals surface area (Å²) in [5, 5.41) is 4.47. The van der Waals surface area contributed by atoms with Crippen molar-refractivity contribution in [1.82, 2.24) is 14.6 Å². The Bertz CT molecular complexity index is 1160. The van der Waals surface area contributed by atoms with Gasteiger partial charge >= 0.3 is 0 Å². The molecule has 0 spiro atoms. The number of nitrogens with zero attached hydrogens (tertiary/aromatic N) is 3. The second kappa shape index (κ2) is 6.62. The molecule has 0 aliphatic heterocycles. The molecule has 0 bridgehead atoms. The monoisotopic (exact) mass is 421 g/mol. The molecular weight excluding hydrogens is 405 g/mol. The molecule has 2 aromatic heterocycles. The van der Waals surface area contributed by atoms with Gasteiger partial charge in [0.05, 0.1) is 11.6 Å². The molecule has 0 amide bonds. The van der Waals surface area contributed by atoms with Crippen molar-refractivity contribution in [2.45, 2.75) is 19.8 Å². The Morgan fingerprint density at radius 1 is 1.33 bits per heavy atom. The minimum Gasteiger partial charge on any atom is -0.496 e. The molecule has 0 N–H and O–H groups in total. The number of methoxy groups -OCH3 is 1. The summed E-state index contributed by atoms with van der Waals surface area (Å²) in [6.07, 6.45) is 3.63. The maximum Gasteiger partial charge on any atom is 0.291 e. The average Bonchev–Trinajstić information content (AvgIpc) is 2.90. The molecule has 1 aliphatic rings. The fraction of sp³-hybridized carbons (Fsp3) is 0.316. The third-order valence-electron chi connectivity index (χ3n) is 5.12. The van der Waals surface area contributed by atoms with Crippen LogP contribution in [0, 0.1) is 11.3 Å². The molecular formula is C19H17Cl2N3O2S. The number of para-hydroxylation sites is 1. The Morgan fingerprint density at radius 2 is 2.07 bits per heavy atom. The van der Waals surface area contributed by atoms with E-state index in [1.807, 2.05) is 36.4 Å². The normalized spacial score (nSPS) is 21.4. The largest absolute Gasteiger partial charge is 0.496 e. The Hall–Kier alpha value is -1.89. The third kappa shape index (κ3) is 3.16. The molecule has 1 aliphatic carbocycles. The lowest BCUT2D eigenvalue weighted by Crippen LogP contribution is -2.23. The highest BCUT2D eigenvalue weighted by atomic mass is 35.5. The predicted molar refractivity (Wildman–Crippen MR) is 109 cm³/mol. The van der Waals surface area contributed by atoms with Crippen molar-refractivity contribution < 1.29 is 4.74 Å². The van der Waals surface area contributed by atoms with Crippen molar-refractivity contribution in [2.24, 2.45) is 11.3 Å². The van der Waals surface area contributed by atoms with E-state index in [2.05, 4.69) is 23.9 Å². The molecule has 0 saturated heterocycles. The second-order valence-electron chi connectivity index (χ2n) is 7.10. The maximum atomic E-state index is 12.8. The zero-order valence-electron chi connectivity index (χ0n) is 14.9. The van der Waals surface area contributed by atoms with E-state index < -0.39 is 0 Å². The van der Waals surface area contributed by atoms with Crippen LogP contribution in [0.4, 0.5) is 0 Å². The number of thiazole rings is 1. The lowest BCUT2D eigenvalue weighted by Gasteiger charge is -2.02. The standard InChI is InChI=1S/C19H17Cl2N3O2S/c1-19(2)11(9-14(20)21)15(19)16-22-18-24(23-16)17(25)13(27-18)8-10-6-4-5-7-12(10)26-3/h4-9,11,15H,1-3H3/b13-8+/t11-,15-/m1/s1. The summed E-state index contributed by atoms with van der Waals surface area (Å²) in [5.41, 5.74) is 0.620. The van der Waals surface area contributed by atoms with Gasteiger partial charge in [-0.1, -0.05) is 66.6 Å². The van der Waals surface area contributed by atoms with Crippen LogP contribution < -0.4 is 14.8 Å². The summed E-state index contributed by atoms with van der Waals surface area (Å²) >= 11 is 13.0. The number of fused-ring (bicyclic) bond motifs is 1. The van der Waals surface area contributed by atoms with Crippen LogP contribution >= 0.6 is 34.5 Å². The van der Waals surface area contributed by atoms with Gasteiger partial charge in [-0.05, 0) is 29.6 Å². The quantitative estimate of drug-likeness (QED) is 0.643. The third-order valence-corrected chi connectivity index (χ3v) is 6.33. The summed E-state index contributed by atoms with van der Waals surface area (Å²) in [6.45, 7) is 4.23. The summed E-state index contributed by atoms with van der Waals surface area (Å²) in [6, 6.07) is 7.55. The van der Waals surface area contributed by atoms with Crippen molar-refractivity contribution in [1.29, 1.82) is 0 Å². The van der Waals surface area contributed by atoms with Crippen LogP contribution in [0.5, 0.6) is 5.75 Å². The van der Waals surface area contributed by atoms with Crippen LogP contribution in [0.15, 0.2) is 39.6 Å². The van der Waals surface area contributed by atoms with Crippen molar-refractivity contribution >= 4 is 45.6 Å². The number of rotatable bonds is 4. The Morgan fingerprint density at radius 3 is 2.74 bits per heavy atom. The fourth-order valence-electron chi connectivity index (χ4n) is 3.53. The van der Waals surface area contributed by atoms with Crippen LogP contribution in [0.1, 0.15) is 31.2 Å². The highest BCUT2D eigenvalue weighted by Gasteiger charge is 2.59. The predicted octanol–water partition coefficient (Wildman–Crippen LogP) is 3.77. The number of allylic oxidation sites excluding steroid dienone is 1. The molecule has 3 aromatic rings. The van der Waals surface area contributed by atoms with E-state index in [0.717, 1.165) is 5.56 Å². The minimum absolute atomic E-state index is 0.0402. The van der Waals surface area contributed by atoms with Gasteiger partial charge in [-0.25, -0.2) is 4.98 Å². The van der Waals surface area contributed by atoms with Gasteiger partial charge in [0.2, 0.25) is 4.96 Å². The first-order valence-electron chi connectivity index (χ1n) is 8.40. The number of aromatic nitrogens is 3. The van der Waals surface area contributed by atoms with Gasteiger partial charge in [-0.2, -0.15) is 4.52 Å². The molecule has 27 heavy (non-hydrogen) atoms. The molecule has 4 rings (SSSR count). The minimum atomic E-state index is -0.180. The highest BCUT2D eigenvalue weighted by Crippen LogP contribution is 2.64. The van der Waals surface area contributed by atoms with E-state index >= 15 is 0 Å². The first-order chi connectivity index (χ1) is 12.8. The second-order valence-corrected chi connectivity index (χ2v) is 9.12. The first-order valence-corrected chi connectivity index (χ1v) is 9.97. The van der Waals surface area contributed by atoms with Crippen molar-refractivity contribution in [3.63, 3.8) is 0 Å². The van der Waals surface area contributed by atoms with Gasteiger partial charge in [0.25, 0.3) is 5.56 Å². The van der Waals surface area contributed by atoms with E-state index in [1.165, 1.54) is 15.9 Å². The molecule has 0 radical (unpaired) electrons. The zero-order chi connectivity index (χ0) is 19.3. The average molecular weight is 422 g/mol. The molecule has 140 valence electrons.